The second-order valence-electron chi connectivity index (χ2n) is 3.88. The molecule has 2 rings (SSSR count). The quantitative estimate of drug-likeness (QED) is 0.820. The number of halogens is 3. The van der Waals surface area contributed by atoms with E-state index < -0.39 is 24.2 Å². The van der Waals surface area contributed by atoms with E-state index in [-0.39, 0.29) is 17.9 Å². The van der Waals surface area contributed by atoms with Crippen LogP contribution in [0.15, 0.2) is 24.3 Å². The van der Waals surface area contributed by atoms with Gasteiger partial charge in [0.15, 0.2) is 5.78 Å². The summed E-state index contributed by atoms with van der Waals surface area (Å²) in [6.07, 6.45) is -5.63. The third-order valence-corrected chi connectivity index (χ3v) is 2.66. The van der Waals surface area contributed by atoms with Crippen LogP contribution in [0.4, 0.5) is 13.2 Å². The van der Waals surface area contributed by atoms with Crippen LogP contribution in [-0.2, 0) is 4.74 Å². The first-order valence-electron chi connectivity index (χ1n) is 5.41. The number of hydrogen-bond acceptors (Lipinski definition) is 3. The minimum absolute atomic E-state index is 0.0977. The van der Waals surface area contributed by atoms with E-state index in [0.717, 1.165) is 0 Å². The third-order valence-electron chi connectivity index (χ3n) is 2.66. The molecule has 1 atom stereocenters. The molecule has 1 unspecified atom stereocenters. The first kappa shape index (κ1) is 12.9. The first-order valence-corrected chi connectivity index (χ1v) is 5.41. The molecule has 6 heteroatoms. The van der Waals surface area contributed by atoms with Crippen LogP contribution in [0.2, 0.25) is 0 Å². The molecule has 0 N–H and O–H groups in total. The summed E-state index contributed by atoms with van der Waals surface area (Å²) in [4.78, 5) is 11.8. The second-order valence-corrected chi connectivity index (χ2v) is 3.88. The average Bonchev–Trinajstić information content (AvgIpc) is 2.28. The highest BCUT2D eigenvalue weighted by molar-refractivity contribution is 6.00. The number of ketones is 1. The minimum Gasteiger partial charge on any atom is -0.452 e. The number of carbonyl (C=O) groups is 1. The molecule has 1 aromatic carbocycles. The van der Waals surface area contributed by atoms with Gasteiger partial charge in [0.05, 0.1) is 12.0 Å². The van der Waals surface area contributed by atoms with Crippen molar-refractivity contribution in [2.45, 2.75) is 25.3 Å². The first-order chi connectivity index (χ1) is 8.39. The zero-order valence-electron chi connectivity index (χ0n) is 9.58. The van der Waals surface area contributed by atoms with E-state index in [2.05, 4.69) is 0 Å². The Morgan fingerprint density at radius 3 is 2.67 bits per heavy atom. The number of Topliss-reactive ketones (excluding diaryl/α,β-unsaturated/α-hetero) is 1. The number of rotatable bonds is 2. The van der Waals surface area contributed by atoms with Crippen molar-refractivity contribution < 1.29 is 27.4 Å². The van der Waals surface area contributed by atoms with Crippen LogP contribution in [-0.4, -0.2) is 24.4 Å². The Balaban J connectivity index is 2.46. The lowest BCUT2D eigenvalue weighted by molar-refractivity contribution is -0.350. The molecule has 98 valence electrons. The van der Waals surface area contributed by atoms with E-state index in [4.69, 9.17) is 9.47 Å². The number of para-hydroxylation sites is 1. The Hall–Kier alpha value is -1.56. The van der Waals surface area contributed by atoms with E-state index in [9.17, 15) is 18.0 Å². The van der Waals surface area contributed by atoms with Crippen LogP contribution >= 0.6 is 0 Å². The third kappa shape index (κ3) is 1.96. The largest absolute Gasteiger partial charge is 0.455 e. The van der Waals surface area contributed by atoms with Crippen molar-refractivity contribution in [2.24, 2.45) is 0 Å². The molecule has 0 bridgehead atoms. The van der Waals surface area contributed by atoms with Gasteiger partial charge in [0, 0.05) is 6.61 Å². The number of hydrogen-bond donors (Lipinski definition) is 0. The standard InChI is InChI=1S/C12H11F3O3/c1-2-17-11(12(13,14)15)7-9(16)8-5-3-4-6-10(8)18-11/h3-6H,2,7H2,1H3. The summed E-state index contributed by atoms with van der Waals surface area (Å²) in [7, 11) is 0. The summed E-state index contributed by atoms with van der Waals surface area (Å²) in [5.41, 5.74) is 0.150. The van der Waals surface area contributed by atoms with Crippen LogP contribution < -0.4 is 4.74 Å². The average molecular weight is 260 g/mol. The zero-order valence-corrected chi connectivity index (χ0v) is 9.58. The fourth-order valence-electron chi connectivity index (χ4n) is 1.86. The summed E-state index contributed by atoms with van der Waals surface area (Å²) in [6.45, 7) is 1.22. The fourth-order valence-corrected chi connectivity index (χ4v) is 1.86. The van der Waals surface area contributed by atoms with Gasteiger partial charge in [-0.3, -0.25) is 4.79 Å². The van der Waals surface area contributed by atoms with E-state index in [1.165, 1.54) is 25.1 Å². The Bertz CT molecular complexity index is 470. The summed E-state index contributed by atoms with van der Waals surface area (Å²) in [5, 5.41) is 0. The minimum atomic E-state index is -4.77. The van der Waals surface area contributed by atoms with Gasteiger partial charge in [-0.15, -0.1) is 0 Å². The predicted octanol–water partition coefficient (Wildman–Crippen LogP) is 2.95. The number of alkyl halides is 3. The molecule has 0 aliphatic carbocycles. The summed E-state index contributed by atoms with van der Waals surface area (Å²) in [5.74, 6) is -3.60. The number of carbonyl (C=O) groups excluding carboxylic acids is 1. The second kappa shape index (κ2) is 4.28. The van der Waals surface area contributed by atoms with Crippen molar-refractivity contribution >= 4 is 5.78 Å². The van der Waals surface area contributed by atoms with E-state index >= 15 is 0 Å². The van der Waals surface area contributed by atoms with Gasteiger partial charge in [-0.05, 0) is 19.1 Å². The zero-order chi connectivity index (χ0) is 13.4. The maximum absolute atomic E-state index is 13.0. The summed E-state index contributed by atoms with van der Waals surface area (Å²) >= 11 is 0. The number of ether oxygens (including phenoxy) is 2. The highest BCUT2D eigenvalue weighted by Gasteiger charge is 2.62. The Labute approximate surface area is 102 Å². The van der Waals surface area contributed by atoms with E-state index in [0.29, 0.717) is 0 Å². The van der Waals surface area contributed by atoms with Crippen LogP contribution in [0, 0.1) is 0 Å². The molecular weight excluding hydrogens is 249 g/mol. The van der Waals surface area contributed by atoms with Gasteiger partial charge < -0.3 is 9.47 Å². The topological polar surface area (TPSA) is 35.5 Å². The van der Waals surface area contributed by atoms with Crippen molar-refractivity contribution in [1.82, 2.24) is 0 Å². The van der Waals surface area contributed by atoms with E-state index in [1.807, 2.05) is 0 Å². The molecule has 1 aliphatic rings. The number of benzene rings is 1. The van der Waals surface area contributed by atoms with Crippen molar-refractivity contribution in [3.05, 3.63) is 29.8 Å². The van der Waals surface area contributed by atoms with Gasteiger partial charge in [-0.1, -0.05) is 12.1 Å². The number of fused-ring (bicyclic) bond motifs is 1. The van der Waals surface area contributed by atoms with E-state index in [1.54, 1.807) is 6.07 Å². The molecule has 3 nitrogen and oxygen atoms in total. The molecular formula is C12H11F3O3. The van der Waals surface area contributed by atoms with Crippen LogP contribution in [0.25, 0.3) is 0 Å². The smallest absolute Gasteiger partial charge is 0.452 e. The lowest BCUT2D eigenvalue weighted by Crippen LogP contribution is -2.56. The molecule has 18 heavy (non-hydrogen) atoms. The van der Waals surface area contributed by atoms with Crippen LogP contribution in [0.5, 0.6) is 5.75 Å². The van der Waals surface area contributed by atoms with Gasteiger partial charge in [0.25, 0.3) is 0 Å². The van der Waals surface area contributed by atoms with Gasteiger partial charge >= 0.3 is 12.0 Å². The highest BCUT2D eigenvalue weighted by Crippen LogP contribution is 2.43. The maximum Gasteiger partial charge on any atom is 0.455 e. The lowest BCUT2D eigenvalue weighted by atomic mass is 9.98. The summed E-state index contributed by atoms with van der Waals surface area (Å²) < 4.78 is 48.8. The molecule has 0 fully saturated rings. The molecule has 1 heterocycles. The van der Waals surface area contributed by atoms with Crippen LogP contribution in [0.1, 0.15) is 23.7 Å². The maximum atomic E-state index is 13.0. The molecule has 0 aromatic heterocycles. The highest BCUT2D eigenvalue weighted by atomic mass is 19.4. The Morgan fingerprint density at radius 2 is 2.06 bits per heavy atom. The van der Waals surface area contributed by atoms with Crippen molar-refractivity contribution in [2.75, 3.05) is 6.61 Å². The fraction of sp³-hybridized carbons (Fsp3) is 0.417. The molecule has 0 radical (unpaired) electrons. The molecule has 1 aromatic rings. The lowest BCUT2D eigenvalue weighted by Gasteiger charge is -2.38. The normalized spacial score (nSPS) is 23.4. The van der Waals surface area contributed by atoms with Gasteiger partial charge in [-0.25, -0.2) is 0 Å². The molecule has 0 amide bonds. The SMILES string of the molecule is CCOC1(C(F)(F)F)CC(=O)c2ccccc2O1. The monoisotopic (exact) mass is 260 g/mol. The van der Waals surface area contributed by atoms with Gasteiger partial charge in [-0.2, -0.15) is 13.2 Å². The Morgan fingerprint density at radius 1 is 1.39 bits per heavy atom. The van der Waals surface area contributed by atoms with Gasteiger partial charge in [0.2, 0.25) is 0 Å². The molecule has 1 aliphatic heterocycles. The van der Waals surface area contributed by atoms with Crippen molar-refractivity contribution in [3.63, 3.8) is 0 Å². The predicted molar refractivity (Wildman–Crippen MR) is 56.4 cm³/mol. The Kier molecular flexibility index (Phi) is 3.06. The molecule has 0 spiro atoms. The van der Waals surface area contributed by atoms with Gasteiger partial charge in [0.1, 0.15) is 5.75 Å². The van der Waals surface area contributed by atoms with Crippen LogP contribution in [0.3, 0.4) is 0 Å². The molecule has 0 saturated heterocycles. The van der Waals surface area contributed by atoms with Crippen molar-refractivity contribution in [1.29, 1.82) is 0 Å². The summed E-state index contributed by atoms with van der Waals surface area (Å²) in [6, 6.07) is 5.84. The van der Waals surface area contributed by atoms with Crippen molar-refractivity contribution in [3.8, 4) is 5.75 Å². The molecule has 0 saturated carbocycles.